The first-order chi connectivity index (χ1) is 11.4. The zero-order valence-corrected chi connectivity index (χ0v) is 13.1. The number of hydrogen-bond acceptors (Lipinski definition) is 2. The second-order valence-electron chi connectivity index (χ2n) is 5.70. The zero-order chi connectivity index (χ0) is 17.3. The molecular formula is C18H17F3N2O. The van der Waals surface area contributed by atoms with Crippen molar-refractivity contribution in [2.75, 3.05) is 0 Å². The van der Waals surface area contributed by atoms with Gasteiger partial charge in [0.25, 0.3) is 0 Å². The van der Waals surface area contributed by atoms with E-state index in [0.29, 0.717) is 23.1 Å². The highest BCUT2D eigenvalue weighted by Gasteiger charge is 2.31. The largest absolute Gasteiger partial charge is 0.508 e. The third kappa shape index (κ3) is 3.09. The monoisotopic (exact) mass is 334 g/mol. The van der Waals surface area contributed by atoms with Gasteiger partial charge in [-0.1, -0.05) is 13.3 Å². The molecule has 6 heteroatoms. The first-order valence-electron chi connectivity index (χ1n) is 7.77. The van der Waals surface area contributed by atoms with E-state index in [2.05, 4.69) is 5.10 Å². The normalized spacial score (nSPS) is 12.0. The standard InChI is InChI=1S/C18H17F3N2O/c1-2-3-10-23-16-11-13(18(19,20)21)6-9-15(16)17(22-23)12-4-7-14(24)8-5-12/h4-9,11,24H,2-3,10H2,1H3. The van der Waals surface area contributed by atoms with Crippen molar-refractivity contribution in [2.24, 2.45) is 0 Å². The minimum absolute atomic E-state index is 0.132. The Kier molecular flexibility index (Phi) is 4.22. The summed E-state index contributed by atoms with van der Waals surface area (Å²) in [7, 11) is 0. The molecule has 2 aromatic carbocycles. The molecule has 1 N–H and O–H groups in total. The molecule has 3 aromatic rings. The molecule has 0 radical (unpaired) electrons. The number of phenolic OH excluding ortho intramolecular Hbond substituents is 1. The summed E-state index contributed by atoms with van der Waals surface area (Å²) in [6.45, 7) is 2.58. The minimum atomic E-state index is -4.38. The first kappa shape index (κ1) is 16.4. The number of phenols is 1. The molecule has 0 saturated heterocycles. The number of unbranched alkanes of at least 4 members (excludes halogenated alkanes) is 1. The average Bonchev–Trinajstić information content (AvgIpc) is 2.91. The number of aromatic hydroxyl groups is 1. The summed E-state index contributed by atoms with van der Waals surface area (Å²) in [4.78, 5) is 0. The van der Waals surface area contributed by atoms with Gasteiger partial charge in [0, 0.05) is 17.5 Å². The predicted molar refractivity (Wildman–Crippen MR) is 86.7 cm³/mol. The SMILES string of the molecule is CCCCn1nc(-c2ccc(O)cc2)c2ccc(C(F)(F)F)cc21. The van der Waals surface area contributed by atoms with Gasteiger partial charge in [0.15, 0.2) is 0 Å². The topological polar surface area (TPSA) is 38.0 Å². The number of alkyl halides is 3. The fourth-order valence-corrected chi connectivity index (χ4v) is 2.66. The van der Waals surface area contributed by atoms with Crippen LogP contribution in [0.25, 0.3) is 22.2 Å². The molecule has 0 amide bonds. The molecule has 0 atom stereocenters. The summed E-state index contributed by atoms with van der Waals surface area (Å²) >= 11 is 0. The van der Waals surface area contributed by atoms with Gasteiger partial charge >= 0.3 is 6.18 Å². The Morgan fingerprint density at radius 1 is 1.08 bits per heavy atom. The molecule has 24 heavy (non-hydrogen) atoms. The maximum atomic E-state index is 13.0. The van der Waals surface area contributed by atoms with E-state index in [4.69, 9.17) is 0 Å². The summed E-state index contributed by atoms with van der Waals surface area (Å²) in [5.74, 6) is 0.132. The number of rotatable bonds is 4. The molecule has 0 spiro atoms. The molecule has 126 valence electrons. The summed E-state index contributed by atoms with van der Waals surface area (Å²) in [6, 6.07) is 10.2. The third-order valence-corrected chi connectivity index (χ3v) is 3.94. The Morgan fingerprint density at radius 3 is 2.42 bits per heavy atom. The fourth-order valence-electron chi connectivity index (χ4n) is 2.66. The molecule has 0 unspecified atom stereocenters. The molecule has 3 rings (SSSR count). The highest BCUT2D eigenvalue weighted by Crippen LogP contribution is 2.35. The summed E-state index contributed by atoms with van der Waals surface area (Å²) < 4.78 is 40.7. The van der Waals surface area contributed by atoms with Gasteiger partial charge in [0.2, 0.25) is 0 Å². The van der Waals surface area contributed by atoms with Crippen LogP contribution in [0.2, 0.25) is 0 Å². The van der Waals surface area contributed by atoms with Crippen LogP contribution in [0.15, 0.2) is 42.5 Å². The van der Waals surface area contributed by atoms with E-state index < -0.39 is 11.7 Å². The number of fused-ring (bicyclic) bond motifs is 1. The van der Waals surface area contributed by atoms with Gasteiger partial charge in [-0.15, -0.1) is 0 Å². The van der Waals surface area contributed by atoms with E-state index in [9.17, 15) is 18.3 Å². The van der Waals surface area contributed by atoms with Crippen LogP contribution in [-0.2, 0) is 12.7 Å². The molecule has 0 bridgehead atoms. The molecule has 0 aliphatic heterocycles. The molecule has 1 aromatic heterocycles. The van der Waals surface area contributed by atoms with E-state index >= 15 is 0 Å². The molecule has 0 aliphatic rings. The summed E-state index contributed by atoms with van der Waals surface area (Å²) in [5.41, 5.74) is 1.17. The van der Waals surface area contributed by atoms with Crippen molar-refractivity contribution in [1.82, 2.24) is 9.78 Å². The average molecular weight is 334 g/mol. The fraction of sp³-hybridized carbons (Fsp3) is 0.278. The Hall–Kier alpha value is -2.50. The van der Waals surface area contributed by atoms with Gasteiger partial charge in [0.1, 0.15) is 11.4 Å². The predicted octanol–water partition coefficient (Wildman–Crippen LogP) is 5.23. The maximum Gasteiger partial charge on any atom is 0.416 e. The molecule has 0 saturated carbocycles. The minimum Gasteiger partial charge on any atom is -0.508 e. The first-order valence-corrected chi connectivity index (χ1v) is 7.77. The van der Waals surface area contributed by atoms with E-state index in [1.54, 1.807) is 16.8 Å². The lowest BCUT2D eigenvalue weighted by atomic mass is 10.1. The number of benzene rings is 2. The van der Waals surface area contributed by atoms with E-state index in [-0.39, 0.29) is 5.75 Å². The van der Waals surface area contributed by atoms with Crippen LogP contribution >= 0.6 is 0 Å². The van der Waals surface area contributed by atoms with Crippen molar-refractivity contribution < 1.29 is 18.3 Å². The second-order valence-corrected chi connectivity index (χ2v) is 5.70. The van der Waals surface area contributed by atoms with E-state index in [1.165, 1.54) is 18.2 Å². The Bertz CT molecular complexity index is 851. The maximum absolute atomic E-state index is 13.0. The highest BCUT2D eigenvalue weighted by atomic mass is 19.4. The Labute approximate surface area is 137 Å². The van der Waals surface area contributed by atoms with Crippen molar-refractivity contribution in [3.05, 3.63) is 48.0 Å². The van der Waals surface area contributed by atoms with Gasteiger partial charge in [-0.05, 0) is 48.9 Å². The number of hydrogen-bond donors (Lipinski definition) is 1. The van der Waals surface area contributed by atoms with E-state index in [1.807, 2.05) is 6.92 Å². The van der Waals surface area contributed by atoms with Crippen LogP contribution < -0.4 is 0 Å². The van der Waals surface area contributed by atoms with Crippen LogP contribution in [0.4, 0.5) is 13.2 Å². The van der Waals surface area contributed by atoms with Gasteiger partial charge < -0.3 is 5.11 Å². The molecule has 0 aliphatic carbocycles. The van der Waals surface area contributed by atoms with Crippen molar-refractivity contribution in [3.63, 3.8) is 0 Å². The van der Waals surface area contributed by atoms with Gasteiger partial charge in [-0.3, -0.25) is 4.68 Å². The van der Waals surface area contributed by atoms with Crippen molar-refractivity contribution in [2.45, 2.75) is 32.5 Å². The molecule has 0 fully saturated rings. The van der Waals surface area contributed by atoms with Gasteiger partial charge in [-0.25, -0.2) is 0 Å². The number of nitrogens with zero attached hydrogens (tertiary/aromatic N) is 2. The second kappa shape index (κ2) is 6.19. The van der Waals surface area contributed by atoms with Crippen LogP contribution in [0, 0.1) is 0 Å². The van der Waals surface area contributed by atoms with Crippen LogP contribution in [0.3, 0.4) is 0 Å². The Balaban J connectivity index is 2.18. The summed E-state index contributed by atoms with van der Waals surface area (Å²) in [6.07, 6.45) is -2.62. The molecule has 1 heterocycles. The number of aryl methyl sites for hydroxylation is 1. The quantitative estimate of drug-likeness (QED) is 0.709. The lowest BCUT2D eigenvalue weighted by Crippen LogP contribution is -2.05. The lowest BCUT2D eigenvalue weighted by molar-refractivity contribution is -0.137. The smallest absolute Gasteiger partial charge is 0.416 e. The van der Waals surface area contributed by atoms with Gasteiger partial charge in [-0.2, -0.15) is 18.3 Å². The number of aromatic nitrogens is 2. The van der Waals surface area contributed by atoms with Crippen LogP contribution in [0.5, 0.6) is 5.75 Å². The molecule has 3 nitrogen and oxygen atoms in total. The third-order valence-electron chi connectivity index (χ3n) is 3.94. The molecular weight excluding hydrogens is 317 g/mol. The summed E-state index contributed by atoms with van der Waals surface area (Å²) in [5, 5.41) is 14.6. The van der Waals surface area contributed by atoms with Crippen molar-refractivity contribution in [3.8, 4) is 17.0 Å². The van der Waals surface area contributed by atoms with E-state index in [0.717, 1.165) is 30.5 Å². The number of halogens is 3. The van der Waals surface area contributed by atoms with Crippen LogP contribution in [0.1, 0.15) is 25.3 Å². The lowest BCUT2D eigenvalue weighted by Gasteiger charge is -2.07. The van der Waals surface area contributed by atoms with Crippen LogP contribution in [-0.4, -0.2) is 14.9 Å². The van der Waals surface area contributed by atoms with Crippen molar-refractivity contribution in [1.29, 1.82) is 0 Å². The van der Waals surface area contributed by atoms with Gasteiger partial charge in [0.05, 0.1) is 11.1 Å². The Morgan fingerprint density at radius 2 is 1.79 bits per heavy atom. The van der Waals surface area contributed by atoms with Crippen molar-refractivity contribution >= 4 is 10.9 Å². The highest BCUT2D eigenvalue weighted by molar-refractivity contribution is 5.93. The zero-order valence-electron chi connectivity index (χ0n) is 13.1.